The molecule has 0 aromatic heterocycles. The van der Waals surface area contributed by atoms with Gasteiger partial charge in [-0.15, -0.1) is 0 Å². The predicted molar refractivity (Wildman–Crippen MR) is 53.9 cm³/mol. The molecule has 0 saturated heterocycles. The maximum atomic E-state index is 4.73. The highest BCUT2D eigenvalue weighted by atomic mass is 16.5. The van der Waals surface area contributed by atoms with Crippen molar-refractivity contribution in [1.82, 2.24) is 0 Å². The molecule has 0 unspecified atom stereocenters. The van der Waals surface area contributed by atoms with Crippen molar-refractivity contribution < 1.29 is 4.74 Å². The summed E-state index contributed by atoms with van der Waals surface area (Å²) in [6.07, 6.45) is 12.8. The quantitative estimate of drug-likeness (QED) is 0.450. The van der Waals surface area contributed by atoms with Gasteiger partial charge in [-0.3, -0.25) is 0 Å². The lowest BCUT2D eigenvalue weighted by Crippen LogP contribution is -1.80. The van der Waals surface area contributed by atoms with E-state index in [1.807, 2.05) is 18.2 Å². The first kappa shape index (κ1) is 11.0. The predicted octanol–water partition coefficient (Wildman–Crippen LogP) is 3.31. The van der Waals surface area contributed by atoms with Gasteiger partial charge in [-0.05, 0) is 18.4 Å². The van der Waals surface area contributed by atoms with E-state index in [1.165, 1.54) is 0 Å². The smallest absolute Gasteiger partial charge is 0.0824 e. The van der Waals surface area contributed by atoms with Gasteiger partial charge in [0.1, 0.15) is 0 Å². The van der Waals surface area contributed by atoms with Crippen LogP contribution in [0.25, 0.3) is 0 Å². The first-order chi connectivity index (χ1) is 5.77. The zero-order chi connectivity index (χ0) is 9.23. The van der Waals surface area contributed by atoms with Gasteiger partial charge in [0.05, 0.1) is 13.4 Å². The minimum Gasteiger partial charge on any atom is -0.504 e. The SMILES string of the molecule is CO/C=C/C=C\C=C\CC(C)C. The summed E-state index contributed by atoms with van der Waals surface area (Å²) in [5.74, 6) is 0.740. The molecule has 0 atom stereocenters. The first-order valence-electron chi connectivity index (χ1n) is 4.28. The highest BCUT2D eigenvalue weighted by Gasteiger charge is 1.84. The Hall–Kier alpha value is -0.980. The van der Waals surface area contributed by atoms with Crippen LogP contribution in [0.4, 0.5) is 0 Å². The number of hydrogen-bond acceptors (Lipinski definition) is 1. The summed E-state index contributed by atoms with van der Waals surface area (Å²) in [6, 6.07) is 0. The molecule has 0 bridgehead atoms. The van der Waals surface area contributed by atoms with E-state index in [1.54, 1.807) is 13.4 Å². The fourth-order valence-electron chi connectivity index (χ4n) is 0.682. The Bertz CT molecular complexity index is 164. The second kappa shape index (κ2) is 8.12. The number of ether oxygens (including phenoxy) is 1. The number of methoxy groups -OCH3 is 1. The van der Waals surface area contributed by atoms with Gasteiger partial charge in [-0.1, -0.05) is 38.2 Å². The zero-order valence-electron chi connectivity index (χ0n) is 8.16. The molecule has 12 heavy (non-hydrogen) atoms. The highest BCUT2D eigenvalue weighted by molar-refractivity contribution is 5.09. The van der Waals surface area contributed by atoms with E-state index in [-0.39, 0.29) is 0 Å². The average molecular weight is 166 g/mol. The lowest BCUT2D eigenvalue weighted by Gasteiger charge is -1.94. The molecular formula is C11H18O. The molecule has 0 fully saturated rings. The largest absolute Gasteiger partial charge is 0.504 e. The molecule has 0 aliphatic carbocycles. The molecular weight excluding hydrogens is 148 g/mol. The van der Waals surface area contributed by atoms with Crippen LogP contribution in [0.15, 0.2) is 36.6 Å². The number of rotatable bonds is 5. The van der Waals surface area contributed by atoms with E-state index in [0.29, 0.717) is 0 Å². The molecule has 0 amide bonds. The second-order valence-electron chi connectivity index (χ2n) is 3.01. The molecule has 68 valence electrons. The molecule has 0 rings (SSSR count). The van der Waals surface area contributed by atoms with Crippen molar-refractivity contribution in [2.75, 3.05) is 7.11 Å². The Kier molecular flexibility index (Phi) is 7.46. The van der Waals surface area contributed by atoms with Crippen molar-refractivity contribution >= 4 is 0 Å². The fourth-order valence-corrected chi connectivity index (χ4v) is 0.682. The van der Waals surface area contributed by atoms with Crippen molar-refractivity contribution in [3.8, 4) is 0 Å². The Morgan fingerprint density at radius 2 is 1.75 bits per heavy atom. The molecule has 0 aromatic carbocycles. The molecule has 0 aliphatic heterocycles. The average Bonchev–Trinajstić information content (AvgIpc) is 2.02. The topological polar surface area (TPSA) is 9.23 Å². The Morgan fingerprint density at radius 1 is 1.08 bits per heavy atom. The third-order valence-electron chi connectivity index (χ3n) is 1.29. The molecule has 0 heterocycles. The normalized spacial score (nSPS) is 12.7. The first-order valence-corrected chi connectivity index (χ1v) is 4.28. The maximum absolute atomic E-state index is 4.73. The highest BCUT2D eigenvalue weighted by Crippen LogP contribution is 1.99. The third-order valence-corrected chi connectivity index (χ3v) is 1.29. The van der Waals surface area contributed by atoms with Crippen LogP contribution >= 0.6 is 0 Å². The third kappa shape index (κ3) is 9.02. The van der Waals surface area contributed by atoms with Gasteiger partial charge in [0.25, 0.3) is 0 Å². The monoisotopic (exact) mass is 166 g/mol. The summed E-state index contributed by atoms with van der Waals surface area (Å²) in [5, 5.41) is 0. The molecule has 0 radical (unpaired) electrons. The fraction of sp³-hybridized carbons (Fsp3) is 0.455. The Balaban J connectivity index is 3.46. The van der Waals surface area contributed by atoms with Crippen molar-refractivity contribution in [2.24, 2.45) is 5.92 Å². The summed E-state index contributed by atoms with van der Waals surface area (Å²) >= 11 is 0. The summed E-state index contributed by atoms with van der Waals surface area (Å²) in [4.78, 5) is 0. The zero-order valence-corrected chi connectivity index (χ0v) is 8.16. The van der Waals surface area contributed by atoms with E-state index in [9.17, 15) is 0 Å². The van der Waals surface area contributed by atoms with Gasteiger partial charge in [-0.2, -0.15) is 0 Å². The maximum Gasteiger partial charge on any atom is 0.0824 e. The van der Waals surface area contributed by atoms with E-state index >= 15 is 0 Å². The van der Waals surface area contributed by atoms with E-state index < -0.39 is 0 Å². The van der Waals surface area contributed by atoms with Crippen LogP contribution in [0.5, 0.6) is 0 Å². The van der Waals surface area contributed by atoms with Crippen molar-refractivity contribution in [3.63, 3.8) is 0 Å². The van der Waals surface area contributed by atoms with Crippen LogP contribution in [-0.2, 0) is 4.74 Å². The second-order valence-corrected chi connectivity index (χ2v) is 3.01. The van der Waals surface area contributed by atoms with E-state index in [4.69, 9.17) is 4.74 Å². The molecule has 1 heteroatoms. The van der Waals surface area contributed by atoms with Gasteiger partial charge < -0.3 is 4.74 Å². The molecule has 1 nitrogen and oxygen atoms in total. The number of hydrogen-bond donors (Lipinski definition) is 0. The van der Waals surface area contributed by atoms with Gasteiger partial charge in [0.15, 0.2) is 0 Å². The van der Waals surface area contributed by atoms with Crippen LogP contribution in [0.2, 0.25) is 0 Å². The Labute approximate surface area is 75.4 Å². The van der Waals surface area contributed by atoms with Crippen LogP contribution < -0.4 is 0 Å². The minimum absolute atomic E-state index is 0.740. The molecule has 0 aliphatic rings. The summed E-state index contributed by atoms with van der Waals surface area (Å²) in [7, 11) is 1.64. The van der Waals surface area contributed by atoms with Crippen LogP contribution in [0.3, 0.4) is 0 Å². The van der Waals surface area contributed by atoms with Gasteiger partial charge >= 0.3 is 0 Å². The van der Waals surface area contributed by atoms with Crippen LogP contribution in [0.1, 0.15) is 20.3 Å². The van der Waals surface area contributed by atoms with Crippen molar-refractivity contribution in [3.05, 3.63) is 36.6 Å². The Morgan fingerprint density at radius 3 is 2.33 bits per heavy atom. The summed E-state index contributed by atoms with van der Waals surface area (Å²) in [6.45, 7) is 4.41. The number of allylic oxidation sites excluding steroid dienone is 5. The lowest BCUT2D eigenvalue weighted by molar-refractivity contribution is 0.338. The van der Waals surface area contributed by atoms with E-state index in [2.05, 4.69) is 26.0 Å². The van der Waals surface area contributed by atoms with Gasteiger partial charge in [0.2, 0.25) is 0 Å². The van der Waals surface area contributed by atoms with Crippen molar-refractivity contribution in [1.29, 1.82) is 0 Å². The molecule has 0 saturated carbocycles. The van der Waals surface area contributed by atoms with Gasteiger partial charge in [0, 0.05) is 0 Å². The minimum atomic E-state index is 0.740. The molecule has 0 aromatic rings. The summed E-state index contributed by atoms with van der Waals surface area (Å²) in [5.41, 5.74) is 0. The van der Waals surface area contributed by atoms with Crippen LogP contribution in [-0.4, -0.2) is 7.11 Å². The van der Waals surface area contributed by atoms with Crippen LogP contribution in [0, 0.1) is 5.92 Å². The lowest BCUT2D eigenvalue weighted by atomic mass is 10.1. The standard InChI is InChI=1S/C11H18O/c1-11(2)9-7-5-4-6-8-10-12-3/h4-8,10-11H,9H2,1-3H3/b6-4-,7-5+,10-8+. The van der Waals surface area contributed by atoms with E-state index in [0.717, 1.165) is 12.3 Å². The molecule has 0 N–H and O–H groups in total. The summed E-state index contributed by atoms with van der Waals surface area (Å²) < 4.78 is 4.73. The van der Waals surface area contributed by atoms with Crippen molar-refractivity contribution in [2.45, 2.75) is 20.3 Å². The van der Waals surface area contributed by atoms with Gasteiger partial charge in [-0.25, -0.2) is 0 Å². The molecule has 0 spiro atoms.